The van der Waals surface area contributed by atoms with Crippen molar-refractivity contribution in [3.8, 4) is 0 Å². The second kappa shape index (κ2) is 6.04. The van der Waals surface area contributed by atoms with Crippen LogP contribution in [0.15, 0.2) is 10.9 Å². The zero-order valence-corrected chi connectivity index (χ0v) is 8.38. The molecule has 1 aromatic heterocycles. The Balaban J connectivity index is 2.23. The van der Waals surface area contributed by atoms with Crippen LogP contribution in [0.5, 0.6) is 0 Å². The number of ether oxygens (including phenoxy) is 1. The van der Waals surface area contributed by atoms with E-state index in [2.05, 4.69) is 10.3 Å². The molecule has 4 nitrogen and oxygen atoms in total. The average Bonchev–Trinajstić information content (AvgIpc) is 2.64. The third-order valence-corrected chi connectivity index (χ3v) is 2.28. The molecule has 0 aromatic carbocycles. The lowest BCUT2D eigenvalue weighted by Crippen LogP contribution is -2.35. The third kappa shape index (κ3) is 3.82. The van der Waals surface area contributed by atoms with Gasteiger partial charge in [-0.15, -0.1) is 11.3 Å². The van der Waals surface area contributed by atoms with Crippen molar-refractivity contribution in [2.24, 2.45) is 0 Å². The van der Waals surface area contributed by atoms with Crippen molar-refractivity contribution in [2.75, 3.05) is 20.3 Å². The van der Waals surface area contributed by atoms with Gasteiger partial charge in [-0.2, -0.15) is 0 Å². The molecular weight excluding hydrogens is 188 g/mol. The smallest absolute Gasteiger partial charge is 0.0795 e. The van der Waals surface area contributed by atoms with Crippen molar-refractivity contribution in [1.29, 1.82) is 0 Å². The fourth-order valence-electron chi connectivity index (χ4n) is 0.951. The van der Waals surface area contributed by atoms with Gasteiger partial charge in [0, 0.05) is 19.0 Å². The van der Waals surface area contributed by atoms with E-state index in [1.807, 2.05) is 5.38 Å². The molecule has 1 aromatic rings. The summed E-state index contributed by atoms with van der Waals surface area (Å²) < 4.78 is 4.92. The predicted molar refractivity (Wildman–Crippen MR) is 51.7 cm³/mol. The number of nitrogens with one attached hydrogen (secondary N) is 1. The van der Waals surface area contributed by atoms with Gasteiger partial charge in [-0.05, 0) is 0 Å². The number of rotatable bonds is 6. The van der Waals surface area contributed by atoms with Crippen LogP contribution in [-0.4, -0.2) is 36.5 Å². The second-order valence-corrected chi connectivity index (χ2v) is 3.41. The first-order chi connectivity index (χ1) is 6.36. The first-order valence-corrected chi connectivity index (χ1v) is 5.01. The van der Waals surface area contributed by atoms with E-state index >= 15 is 0 Å². The zero-order chi connectivity index (χ0) is 9.52. The normalized spacial score (nSPS) is 13.1. The van der Waals surface area contributed by atoms with Crippen molar-refractivity contribution in [3.63, 3.8) is 0 Å². The number of hydrogen-bond donors (Lipinski definition) is 2. The maximum atomic E-state index is 8.93. The van der Waals surface area contributed by atoms with E-state index in [0.29, 0.717) is 13.2 Å². The maximum absolute atomic E-state index is 8.93. The van der Waals surface area contributed by atoms with Crippen LogP contribution in [0.3, 0.4) is 0 Å². The highest BCUT2D eigenvalue weighted by Gasteiger charge is 2.05. The van der Waals surface area contributed by atoms with Gasteiger partial charge < -0.3 is 15.2 Å². The number of aliphatic hydroxyl groups excluding tert-OH is 1. The summed E-state index contributed by atoms with van der Waals surface area (Å²) in [6.45, 7) is 1.27. The van der Waals surface area contributed by atoms with Crippen molar-refractivity contribution in [2.45, 2.75) is 12.6 Å². The highest BCUT2D eigenvalue weighted by molar-refractivity contribution is 7.07. The van der Waals surface area contributed by atoms with E-state index in [1.165, 1.54) is 0 Å². The number of hydrogen-bond acceptors (Lipinski definition) is 5. The molecule has 0 aliphatic rings. The summed E-state index contributed by atoms with van der Waals surface area (Å²) in [7, 11) is 1.62. The lowest BCUT2D eigenvalue weighted by Gasteiger charge is -2.13. The van der Waals surface area contributed by atoms with Crippen LogP contribution >= 0.6 is 11.3 Å². The Morgan fingerprint density at radius 3 is 3.15 bits per heavy atom. The lowest BCUT2D eigenvalue weighted by atomic mass is 10.3. The minimum absolute atomic E-state index is 0.00769. The topological polar surface area (TPSA) is 54.4 Å². The van der Waals surface area contributed by atoms with E-state index in [-0.39, 0.29) is 12.6 Å². The van der Waals surface area contributed by atoms with Crippen molar-refractivity contribution >= 4 is 11.3 Å². The molecule has 1 heterocycles. The minimum atomic E-state index is -0.00769. The highest BCUT2D eigenvalue weighted by Crippen LogP contribution is 2.00. The van der Waals surface area contributed by atoms with Crippen LogP contribution < -0.4 is 5.32 Å². The van der Waals surface area contributed by atoms with Gasteiger partial charge in [-0.25, -0.2) is 4.98 Å². The Morgan fingerprint density at radius 1 is 1.77 bits per heavy atom. The molecule has 0 fully saturated rings. The van der Waals surface area contributed by atoms with Gasteiger partial charge in [0.05, 0.1) is 30.5 Å². The van der Waals surface area contributed by atoms with Gasteiger partial charge in [-0.3, -0.25) is 0 Å². The molecule has 1 atom stereocenters. The Bertz CT molecular complexity index is 216. The molecule has 1 rings (SSSR count). The van der Waals surface area contributed by atoms with Crippen molar-refractivity contribution in [1.82, 2.24) is 10.3 Å². The number of thiazole rings is 1. The van der Waals surface area contributed by atoms with E-state index in [4.69, 9.17) is 9.84 Å². The zero-order valence-electron chi connectivity index (χ0n) is 7.56. The fraction of sp³-hybridized carbons (Fsp3) is 0.625. The molecule has 2 N–H and O–H groups in total. The van der Waals surface area contributed by atoms with Gasteiger partial charge >= 0.3 is 0 Å². The van der Waals surface area contributed by atoms with E-state index < -0.39 is 0 Å². The summed E-state index contributed by atoms with van der Waals surface area (Å²) >= 11 is 1.57. The number of nitrogens with zero attached hydrogens (tertiary/aromatic N) is 1. The van der Waals surface area contributed by atoms with E-state index in [1.54, 1.807) is 24.0 Å². The van der Waals surface area contributed by atoms with Gasteiger partial charge in [0.25, 0.3) is 0 Å². The van der Waals surface area contributed by atoms with Crippen LogP contribution in [0.1, 0.15) is 5.69 Å². The molecule has 74 valence electrons. The van der Waals surface area contributed by atoms with Gasteiger partial charge in [0.1, 0.15) is 0 Å². The molecule has 0 saturated carbocycles. The fourth-order valence-corrected chi connectivity index (χ4v) is 1.51. The van der Waals surface area contributed by atoms with Crippen molar-refractivity contribution < 1.29 is 9.84 Å². The molecule has 0 bridgehead atoms. The van der Waals surface area contributed by atoms with Crippen LogP contribution in [0.2, 0.25) is 0 Å². The molecule has 0 spiro atoms. The van der Waals surface area contributed by atoms with Gasteiger partial charge in [0.15, 0.2) is 0 Å². The molecule has 13 heavy (non-hydrogen) atoms. The number of aliphatic hydroxyl groups is 1. The third-order valence-electron chi connectivity index (χ3n) is 1.64. The Morgan fingerprint density at radius 2 is 2.62 bits per heavy atom. The monoisotopic (exact) mass is 202 g/mol. The second-order valence-electron chi connectivity index (χ2n) is 2.70. The largest absolute Gasteiger partial charge is 0.395 e. The molecule has 0 radical (unpaired) electrons. The molecular formula is C8H14N2O2S. The SMILES string of the molecule is COCC(CO)NCc1cscn1. The summed E-state index contributed by atoms with van der Waals surface area (Å²) in [5.41, 5.74) is 2.79. The molecule has 5 heteroatoms. The first kappa shape index (κ1) is 10.6. The van der Waals surface area contributed by atoms with Crippen LogP contribution in [-0.2, 0) is 11.3 Å². The molecule has 0 amide bonds. The number of methoxy groups -OCH3 is 1. The maximum Gasteiger partial charge on any atom is 0.0795 e. The summed E-state index contributed by atoms with van der Waals surface area (Å²) in [6, 6.07) is -0.00769. The summed E-state index contributed by atoms with van der Waals surface area (Å²) in [6.07, 6.45) is 0. The lowest BCUT2D eigenvalue weighted by molar-refractivity contribution is 0.128. The predicted octanol–water partition coefficient (Wildman–Crippen LogP) is 0.240. The molecule has 1 unspecified atom stereocenters. The standard InChI is InChI=1S/C8H14N2O2S/c1-12-4-8(3-11)9-2-7-5-13-6-10-7/h5-6,8-9,11H,2-4H2,1H3. The molecule has 0 saturated heterocycles. The summed E-state index contributed by atoms with van der Waals surface area (Å²) in [4.78, 5) is 4.12. The Hall–Kier alpha value is -0.490. The average molecular weight is 202 g/mol. The van der Waals surface area contributed by atoms with Gasteiger partial charge in [-0.1, -0.05) is 0 Å². The van der Waals surface area contributed by atoms with E-state index in [0.717, 1.165) is 5.69 Å². The molecule has 0 aliphatic carbocycles. The van der Waals surface area contributed by atoms with Gasteiger partial charge in [0.2, 0.25) is 0 Å². The first-order valence-electron chi connectivity index (χ1n) is 4.07. The van der Waals surface area contributed by atoms with Crippen LogP contribution in [0.4, 0.5) is 0 Å². The molecule has 0 aliphatic heterocycles. The summed E-state index contributed by atoms with van der Waals surface area (Å²) in [5.74, 6) is 0. The number of aromatic nitrogens is 1. The quantitative estimate of drug-likeness (QED) is 0.694. The van der Waals surface area contributed by atoms with Crippen molar-refractivity contribution in [3.05, 3.63) is 16.6 Å². The highest BCUT2D eigenvalue weighted by atomic mass is 32.1. The van der Waals surface area contributed by atoms with Crippen LogP contribution in [0.25, 0.3) is 0 Å². The Labute approximate surface area is 81.6 Å². The van der Waals surface area contributed by atoms with E-state index in [9.17, 15) is 0 Å². The summed E-state index contributed by atoms with van der Waals surface area (Å²) in [5, 5.41) is 14.0. The minimum Gasteiger partial charge on any atom is -0.395 e. The van der Waals surface area contributed by atoms with Crippen LogP contribution in [0, 0.1) is 0 Å². The Kier molecular flexibility index (Phi) is 4.92.